The Morgan fingerprint density at radius 3 is 2.95 bits per heavy atom. The van der Waals surface area contributed by atoms with Crippen LogP contribution in [0.2, 0.25) is 0 Å². The van der Waals surface area contributed by atoms with E-state index >= 15 is 0 Å². The van der Waals surface area contributed by atoms with Crippen molar-refractivity contribution < 1.29 is 14.3 Å². The van der Waals surface area contributed by atoms with Crippen LogP contribution in [0.3, 0.4) is 0 Å². The lowest BCUT2D eigenvalue weighted by Crippen LogP contribution is -2.41. The Morgan fingerprint density at radius 2 is 2.32 bits per heavy atom. The maximum atomic E-state index is 12.0. The lowest BCUT2D eigenvalue weighted by atomic mass is 10.1. The fourth-order valence-electron chi connectivity index (χ4n) is 2.62. The van der Waals surface area contributed by atoms with Crippen LogP contribution in [0.5, 0.6) is 0 Å². The van der Waals surface area contributed by atoms with E-state index in [9.17, 15) is 9.59 Å². The zero-order valence-corrected chi connectivity index (χ0v) is 11.4. The van der Waals surface area contributed by atoms with Gasteiger partial charge in [0.2, 0.25) is 5.91 Å². The monoisotopic (exact) mass is 262 g/mol. The second-order valence-corrected chi connectivity index (χ2v) is 4.76. The highest BCUT2D eigenvalue weighted by Crippen LogP contribution is 2.30. The van der Waals surface area contributed by atoms with Gasteiger partial charge in [-0.05, 0) is 31.9 Å². The summed E-state index contributed by atoms with van der Waals surface area (Å²) in [7, 11) is 1.35. The number of ether oxygens (including phenoxy) is 1. The van der Waals surface area contributed by atoms with Crippen LogP contribution in [-0.4, -0.2) is 34.9 Å². The molecule has 1 aromatic heterocycles. The first-order chi connectivity index (χ1) is 9.06. The molecule has 0 bridgehead atoms. The average molecular weight is 262 g/mol. The third kappa shape index (κ3) is 2.45. The van der Waals surface area contributed by atoms with Crippen LogP contribution in [0, 0.1) is 6.92 Å². The van der Waals surface area contributed by atoms with E-state index in [4.69, 9.17) is 4.74 Å². The van der Waals surface area contributed by atoms with Crippen LogP contribution in [0.1, 0.15) is 37.1 Å². The van der Waals surface area contributed by atoms with Gasteiger partial charge in [0, 0.05) is 12.6 Å². The molecular weight excluding hydrogens is 244 g/mol. The van der Waals surface area contributed by atoms with Crippen LogP contribution < -0.4 is 0 Å². The second-order valence-electron chi connectivity index (χ2n) is 4.76. The molecule has 5 heteroatoms. The molecule has 2 rings (SSSR count). The first kappa shape index (κ1) is 13.5. The molecule has 0 aromatic carbocycles. The number of esters is 1. The number of hydrogen-bond acceptors (Lipinski definition) is 4. The minimum atomic E-state index is -0.492. The molecule has 1 saturated heterocycles. The van der Waals surface area contributed by atoms with Crippen molar-refractivity contribution in [3.05, 3.63) is 29.6 Å². The van der Waals surface area contributed by atoms with Gasteiger partial charge >= 0.3 is 5.97 Å². The minimum Gasteiger partial charge on any atom is -0.467 e. The summed E-state index contributed by atoms with van der Waals surface area (Å²) in [5.41, 5.74) is 1.84. The molecule has 19 heavy (non-hydrogen) atoms. The van der Waals surface area contributed by atoms with Gasteiger partial charge in [-0.15, -0.1) is 0 Å². The maximum absolute atomic E-state index is 12.0. The zero-order valence-electron chi connectivity index (χ0n) is 11.4. The first-order valence-electron chi connectivity index (χ1n) is 6.36. The Balaban J connectivity index is 2.30. The average Bonchev–Trinajstić information content (AvgIpc) is 2.79. The quantitative estimate of drug-likeness (QED) is 0.777. The van der Waals surface area contributed by atoms with Gasteiger partial charge in [-0.1, -0.05) is 6.07 Å². The molecule has 1 amide bonds. The number of amides is 1. The van der Waals surface area contributed by atoms with E-state index < -0.39 is 6.04 Å². The maximum Gasteiger partial charge on any atom is 0.328 e. The lowest BCUT2D eigenvalue weighted by molar-refractivity contribution is -0.150. The number of rotatable bonds is 3. The Hall–Kier alpha value is -1.91. The van der Waals surface area contributed by atoms with Gasteiger partial charge in [0.1, 0.15) is 6.04 Å². The van der Waals surface area contributed by atoms with Gasteiger partial charge in [-0.2, -0.15) is 0 Å². The number of likely N-dealkylation sites (tertiary alicyclic amines) is 1. The van der Waals surface area contributed by atoms with Gasteiger partial charge in [-0.3, -0.25) is 9.78 Å². The molecule has 0 saturated carbocycles. The normalized spacial score (nSPS) is 20.5. The highest BCUT2D eigenvalue weighted by Gasteiger charge is 2.40. The van der Waals surface area contributed by atoms with Gasteiger partial charge < -0.3 is 9.64 Å². The largest absolute Gasteiger partial charge is 0.467 e. The molecule has 1 fully saturated rings. The molecule has 2 unspecified atom stereocenters. The van der Waals surface area contributed by atoms with E-state index in [2.05, 4.69) is 4.98 Å². The third-order valence-electron chi connectivity index (χ3n) is 3.59. The highest BCUT2D eigenvalue weighted by atomic mass is 16.5. The molecule has 1 aliphatic rings. The Kier molecular flexibility index (Phi) is 3.83. The first-order valence-corrected chi connectivity index (χ1v) is 6.36. The van der Waals surface area contributed by atoms with Gasteiger partial charge in [0.25, 0.3) is 0 Å². The fourth-order valence-corrected chi connectivity index (χ4v) is 2.62. The van der Waals surface area contributed by atoms with Crippen molar-refractivity contribution in [3.63, 3.8) is 0 Å². The van der Waals surface area contributed by atoms with Crippen molar-refractivity contribution in [1.29, 1.82) is 0 Å². The standard InChI is InChI=1S/C14H18N2O3/c1-9-5-4-8-15-13(9)10(2)16-11(14(18)19-3)6-7-12(16)17/h4-5,8,10-11H,6-7H2,1-3H3. The number of carbonyl (C=O) groups is 2. The molecule has 1 aliphatic heterocycles. The summed E-state index contributed by atoms with van der Waals surface area (Å²) in [5.74, 6) is -0.376. The SMILES string of the molecule is COC(=O)C1CCC(=O)N1C(C)c1ncccc1C. The fraction of sp³-hybridized carbons (Fsp3) is 0.500. The van der Waals surface area contributed by atoms with E-state index in [-0.39, 0.29) is 17.9 Å². The Morgan fingerprint density at radius 1 is 1.58 bits per heavy atom. The molecule has 0 N–H and O–H groups in total. The molecule has 2 heterocycles. The highest BCUT2D eigenvalue weighted by molar-refractivity contribution is 5.88. The predicted octanol–water partition coefficient (Wildman–Crippen LogP) is 1.62. The van der Waals surface area contributed by atoms with Crippen molar-refractivity contribution in [2.45, 2.75) is 38.8 Å². The van der Waals surface area contributed by atoms with E-state index in [1.54, 1.807) is 11.1 Å². The lowest BCUT2D eigenvalue weighted by Gasteiger charge is -2.29. The van der Waals surface area contributed by atoms with Crippen LogP contribution in [-0.2, 0) is 14.3 Å². The Labute approximate surface area is 112 Å². The van der Waals surface area contributed by atoms with Gasteiger partial charge in [0.15, 0.2) is 0 Å². The van der Waals surface area contributed by atoms with Crippen LogP contribution in [0.4, 0.5) is 0 Å². The van der Waals surface area contributed by atoms with Crippen molar-refractivity contribution in [3.8, 4) is 0 Å². The van der Waals surface area contributed by atoms with Crippen LogP contribution >= 0.6 is 0 Å². The number of pyridine rings is 1. The van der Waals surface area contributed by atoms with E-state index in [0.717, 1.165) is 11.3 Å². The smallest absolute Gasteiger partial charge is 0.328 e. The molecule has 102 valence electrons. The van der Waals surface area contributed by atoms with E-state index in [0.29, 0.717) is 12.8 Å². The predicted molar refractivity (Wildman–Crippen MR) is 69.3 cm³/mol. The van der Waals surface area contributed by atoms with E-state index in [1.165, 1.54) is 7.11 Å². The van der Waals surface area contributed by atoms with Gasteiger partial charge in [0.05, 0.1) is 18.8 Å². The van der Waals surface area contributed by atoms with Crippen LogP contribution in [0.25, 0.3) is 0 Å². The summed E-state index contributed by atoms with van der Waals surface area (Å²) in [5, 5.41) is 0. The summed E-state index contributed by atoms with van der Waals surface area (Å²) in [4.78, 5) is 29.7. The van der Waals surface area contributed by atoms with Crippen LogP contribution in [0.15, 0.2) is 18.3 Å². The molecule has 2 atom stereocenters. The second kappa shape index (κ2) is 5.38. The number of nitrogens with zero attached hydrogens (tertiary/aromatic N) is 2. The van der Waals surface area contributed by atoms with Crippen molar-refractivity contribution >= 4 is 11.9 Å². The minimum absolute atomic E-state index is 0.0204. The summed E-state index contributed by atoms with van der Waals surface area (Å²) >= 11 is 0. The number of hydrogen-bond donors (Lipinski definition) is 0. The number of aryl methyl sites for hydroxylation is 1. The van der Waals surface area contributed by atoms with Gasteiger partial charge in [-0.25, -0.2) is 4.79 Å². The number of aromatic nitrogens is 1. The zero-order chi connectivity index (χ0) is 14.0. The molecule has 0 spiro atoms. The summed E-state index contributed by atoms with van der Waals surface area (Å²) in [6.07, 6.45) is 2.60. The van der Waals surface area contributed by atoms with Crippen molar-refractivity contribution in [2.75, 3.05) is 7.11 Å². The molecule has 0 radical (unpaired) electrons. The summed E-state index contributed by atoms with van der Waals surface area (Å²) in [6, 6.07) is 3.09. The number of carbonyl (C=O) groups excluding carboxylic acids is 2. The molecule has 0 aliphatic carbocycles. The van der Waals surface area contributed by atoms with E-state index in [1.807, 2.05) is 26.0 Å². The molecule has 5 nitrogen and oxygen atoms in total. The number of methoxy groups -OCH3 is 1. The molecular formula is C14H18N2O3. The van der Waals surface area contributed by atoms with Crippen molar-refractivity contribution in [2.24, 2.45) is 0 Å². The topological polar surface area (TPSA) is 59.5 Å². The summed E-state index contributed by atoms with van der Waals surface area (Å²) in [6.45, 7) is 3.85. The molecule has 1 aromatic rings. The Bertz CT molecular complexity index is 501. The third-order valence-corrected chi connectivity index (χ3v) is 3.59. The summed E-state index contributed by atoms with van der Waals surface area (Å²) < 4.78 is 4.78. The van der Waals surface area contributed by atoms with Crippen molar-refractivity contribution in [1.82, 2.24) is 9.88 Å².